The molecular weight excluding hydrogens is 271 g/mol. The van der Waals surface area contributed by atoms with Crippen molar-refractivity contribution >= 4 is 5.91 Å². The van der Waals surface area contributed by atoms with Crippen LogP contribution in [-0.4, -0.2) is 25.6 Å². The van der Waals surface area contributed by atoms with E-state index in [-0.39, 0.29) is 17.8 Å². The van der Waals surface area contributed by atoms with E-state index in [4.69, 9.17) is 4.74 Å². The van der Waals surface area contributed by atoms with Gasteiger partial charge in [0.15, 0.2) is 0 Å². The Kier molecular flexibility index (Phi) is 7.15. The monoisotopic (exact) mass is 296 g/mol. The predicted molar refractivity (Wildman–Crippen MR) is 81.9 cm³/mol. The summed E-state index contributed by atoms with van der Waals surface area (Å²) in [5, 5.41) is 6.13. The van der Waals surface area contributed by atoms with Crippen LogP contribution in [0, 0.1) is 5.82 Å². The van der Waals surface area contributed by atoms with Gasteiger partial charge in [0, 0.05) is 18.0 Å². The molecule has 0 aromatic heterocycles. The third kappa shape index (κ3) is 6.12. The number of methoxy groups -OCH3 is 1. The molecule has 5 heteroatoms. The number of benzene rings is 1. The van der Waals surface area contributed by atoms with Gasteiger partial charge in [-0.2, -0.15) is 0 Å². The van der Waals surface area contributed by atoms with E-state index in [1.165, 1.54) is 19.2 Å². The number of carbonyl (C=O) groups excluding carboxylic acids is 1. The molecule has 1 rings (SSSR count). The summed E-state index contributed by atoms with van der Waals surface area (Å²) >= 11 is 0. The highest BCUT2D eigenvalue weighted by molar-refractivity contribution is 5.76. The SMILES string of the molecule is COc1ccc(F)cc1C(C)NC(=O)CCCNC(C)C. The minimum Gasteiger partial charge on any atom is -0.496 e. The summed E-state index contributed by atoms with van der Waals surface area (Å²) in [6, 6.07) is 4.43. The summed E-state index contributed by atoms with van der Waals surface area (Å²) in [6.07, 6.45) is 1.22. The molecule has 0 spiro atoms. The van der Waals surface area contributed by atoms with Crippen LogP contribution in [-0.2, 0) is 4.79 Å². The molecule has 0 aliphatic rings. The molecule has 0 saturated carbocycles. The minimum absolute atomic E-state index is 0.0422. The summed E-state index contributed by atoms with van der Waals surface area (Å²) < 4.78 is 18.5. The molecule has 0 aliphatic carbocycles. The average molecular weight is 296 g/mol. The van der Waals surface area contributed by atoms with Crippen molar-refractivity contribution in [3.8, 4) is 5.75 Å². The van der Waals surface area contributed by atoms with E-state index in [9.17, 15) is 9.18 Å². The van der Waals surface area contributed by atoms with Crippen LogP contribution in [0.1, 0.15) is 45.2 Å². The van der Waals surface area contributed by atoms with Crippen molar-refractivity contribution in [1.82, 2.24) is 10.6 Å². The van der Waals surface area contributed by atoms with Crippen molar-refractivity contribution in [2.24, 2.45) is 0 Å². The van der Waals surface area contributed by atoms with E-state index in [0.717, 1.165) is 13.0 Å². The normalized spacial score (nSPS) is 12.3. The Morgan fingerprint density at radius 2 is 2.05 bits per heavy atom. The minimum atomic E-state index is -0.340. The lowest BCUT2D eigenvalue weighted by Gasteiger charge is -2.17. The maximum absolute atomic E-state index is 13.3. The average Bonchev–Trinajstić information content (AvgIpc) is 2.43. The number of ether oxygens (including phenoxy) is 1. The molecule has 0 aliphatic heterocycles. The van der Waals surface area contributed by atoms with Crippen molar-refractivity contribution in [1.29, 1.82) is 0 Å². The van der Waals surface area contributed by atoms with Gasteiger partial charge in [-0.15, -0.1) is 0 Å². The van der Waals surface area contributed by atoms with Gasteiger partial charge in [0.25, 0.3) is 0 Å². The van der Waals surface area contributed by atoms with E-state index in [1.54, 1.807) is 6.07 Å². The van der Waals surface area contributed by atoms with Gasteiger partial charge in [-0.3, -0.25) is 4.79 Å². The zero-order valence-electron chi connectivity index (χ0n) is 13.2. The van der Waals surface area contributed by atoms with Crippen LogP contribution in [0.5, 0.6) is 5.75 Å². The predicted octanol–water partition coefficient (Wildman–Crippen LogP) is 2.79. The molecule has 0 heterocycles. The van der Waals surface area contributed by atoms with E-state index in [1.807, 2.05) is 6.92 Å². The summed E-state index contributed by atoms with van der Waals surface area (Å²) in [7, 11) is 1.53. The lowest BCUT2D eigenvalue weighted by molar-refractivity contribution is -0.121. The smallest absolute Gasteiger partial charge is 0.220 e. The second kappa shape index (κ2) is 8.62. The molecule has 1 unspecified atom stereocenters. The fourth-order valence-electron chi connectivity index (χ4n) is 2.07. The van der Waals surface area contributed by atoms with Crippen LogP contribution in [0.3, 0.4) is 0 Å². The fraction of sp³-hybridized carbons (Fsp3) is 0.562. The zero-order chi connectivity index (χ0) is 15.8. The molecule has 4 nitrogen and oxygen atoms in total. The van der Waals surface area contributed by atoms with Gasteiger partial charge >= 0.3 is 0 Å². The number of nitrogens with one attached hydrogen (secondary N) is 2. The van der Waals surface area contributed by atoms with Crippen LogP contribution >= 0.6 is 0 Å². The van der Waals surface area contributed by atoms with Crippen molar-refractivity contribution in [3.63, 3.8) is 0 Å². The molecule has 118 valence electrons. The Labute approximate surface area is 126 Å². The number of halogens is 1. The van der Waals surface area contributed by atoms with E-state index in [2.05, 4.69) is 24.5 Å². The quantitative estimate of drug-likeness (QED) is 0.725. The van der Waals surface area contributed by atoms with Gasteiger partial charge in [0.1, 0.15) is 11.6 Å². The molecule has 0 saturated heterocycles. The Bertz CT molecular complexity index is 464. The first-order valence-electron chi connectivity index (χ1n) is 7.30. The van der Waals surface area contributed by atoms with Crippen molar-refractivity contribution < 1.29 is 13.9 Å². The second-order valence-corrected chi connectivity index (χ2v) is 5.39. The lowest BCUT2D eigenvalue weighted by atomic mass is 10.1. The first-order valence-corrected chi connectivity index (χ1v) is 7.30. The molecule has 0 bridgehead atoms. The molecule has 2 N–H and O–H groups in total. The largest absolute Gasteiger partial charge is 0.496 e. The van der Waals surface area contributed by atoms with Gasteiger partial charge < -0.3 is 15.4 Å². The molecule has 0 fully saturated rings. The first kappa shape index (κ1) is 17.4. The number of hydrogen-bond donors (Lipinski definition) is 2. The van der Waals surface area contributed by atoms with Crippen LogP contribution in [0.2, 0.25) is 0 Å². The highest BCUT2D eigenvalue weighted by Crippen LogP contribution is 2.25. The topological polar surface area (TPSA) is 50.4 Å². The molecule has 0 radical (unpaired) electrons. The number of carbonyl (C=O) groups is 1. The van der Waals surface area contributed by atoms with E-state index in [0.29, 0.717) is 23.8 Å². The number of hydrogen-bond acceptors (Lipinski definition) is 3. The highest BCUT2D eigenvalue weighted by atomic mass is 19.1. The summed E-state index contributed by atoms with van der Waals surface area (Å²) in [4.78, 5) is 11.9. The second-order valence-electron chi connectivity index (χ2n) is 5.39. The molecule has 1 amide bonds. The molecule has 1 atom stereocenters. The number of amides is 1. The Morgan fingerprint density at radius 1 is 1.33 bits per heavy atom. The highest BCUT2D eigenvalue weighted by Gasteiger charge is 2.14. The zero-order valence-corrected chi connectivity index (χ0v) is 13.2. The fourth-order valence-corrected chi connectivity index (χ4v) is 2.07. The van der Waals surface area contributed by atoms with Crippen molar-refractivity contribution in [2.75, 3.05) is 13.7 Å². The van der Waals surface area contributed by atoms with Gasteiger partial charge in [-0.25, -0.2) is 4.39 Å². The van der Waals surface area contributed by atoms with Gasteiger partial charge in [-0.1, -0.05) is 13.8 Å². The summed E-state index contributed by atoms with van der Waals surface area (Å²) in [6.45, 7) is 6.76. The summed E-state index contributed by atoms with van der Waals surface area (Å²) in [5.74, 6) is 0.193. The third-order valence-electron chi connectivity index (χ3n) is 3.17. The Balaban J connectivity index is 2.50. The van der Waals surface area contributed by atoms with Gasteiger partial charge in [0.05, 0.1) is 13.2 Å². The van der Waals surface area contributed by atoms with Crippen LogP contribution in [0.25, 0.3) is 0 Å². The summed E-state index contributed by atoms with van der Waals surface area (Å²) in [5.41, 5.74) is 0.645. The number of rotatable bonds is 8. The molecule has 1 aromatic rings. The maximum Gasteiger partial charge on any atom is 0.220 e. The van der Waals surface area contributed by atoms with Crippen LogP contribution in [0.4, 0.5) is 4.39 Å². The first-order chi connectivity index (χ1) is 9.93. The third-order valence-corrected chi connectivity index (χ3v) is 3.17. The molecule has 21 heavy (non-hydrogen) atoms. The Morgan fingerprint density at radius 3 is 2.67 bits per heavy atom. The maximum atomic E-state index is 13.3. The van der Waals surface area contributed by atoms with Crippen molar-refractivity contribution in [3.05, 3.63) is 29.6 Å². The van der Waals surface area contributed by atoms with E-state index < -0.39 is 0 Å². The standard InChI is InChI=1S/C16H25FN2O2/c1-11(2)18-9-5-6-16(20)19-12(3)14-10-13(17)7-8-15(14)21-4/h7-8,10-12,18H,5-6,9H2,1-4H3,(H,19,20). The van der Waals surface area contributed by atoms with Gasteiger partial charge in [-0.05, 0) is 38.1 Å². The van der Waals surface area contributed by atoms with E-state index >= 15 is 0 Å². The lowest BCUT2D eigenvalue weighted by Crippen LogP contribution is -2.29. The Hall–Kier alpha value is -1.62. The molecular formula is C16H25FN2O2. The van der Waals surface area contributed by atoms with Crippen LogP contribution in [0.15, 0.2) is 18.2 Å². The molecule has 1 aromatic carbocycles. The van der Waals surface area contributed by atoms with Gasteiger partial charge in [0.2, 0.25) is 5.91 Å². The van der Waals surface area contributed by atoms with Crippen LogP contribution < -0.4 is 15.4 Å². The van der Waals surface area contributed by atoms with Crippen molar-refractivity contribution in [2.45, 2.75) is 45.7 Å².